The van der Waals surface area contributed by atoms with E-state index in [9.17, 15) is 4.79 Å². The Bertz CT molecular complexity index is 812. The third kappa shape index (κ3) is 3.77. The van der Waals surface area contributed by atoms with Crippen molar-refractivity contribution in [1.29, 1.82) is 0 Å². The molecule has 0 aromatic heterocycles. The van der Waals surface area contributed by atoms with Crippen LogP contribution < -0.4 is 14.8 Å². The number of carbonyl (C=O) groups is 1. The van der Waals surface area contributed by atoms with Crippen LogP contribution in [0.1, 0.15) is 34.3 Å². The van der Waals surface area contributed by atoms with E-state index in [1.54, 1.807) is 12.1 Å². The van der Waals surface area contributed by atoms with Gasteiger partial charge in [-0.25, -0.2) is 4.79 Å². The van der Waals surface area contributed by atoms with Crippen molar-refractivity contribution >= 4 is 5.97 Å². The van der Waals surface area contributed by atoms with Crippen molar-refractivity contribution in [3.63, 3.8) is 0 Å². The van der Waals surface area contributed by atoms with E-state index in [-0.39, 0.29) is 12.2 Å². The molecule has 4 rings (SSSR count). The molecule has 2 aliphatic rings. The first kappa shape index (κ1) is 17.8. The zero-order valence-electron chi connectivity index (χ0n) is 15.1. The summed E-state index contributed by atoms with van der Waals surface area (Å²) >= 11 is 0. The van der Waals surface area contributed by atoms with Gasteiger partial charge < -0.3 is 24.6 Å². The average molecular weight is 369 g/mol. The Morgan fingerprint density at radius 1 is 1.04 bits per heavy atom. The number of fused-ring (bicyclic) bond motifs is 1. The highest BCUT2D eigenvalue weighted by Gasteiger charge is 2.35. The zero-order valence-corrected chi connectivity index (χ0v) is 15.1. The molecule has 1 fully saturated rings. The van der Waals surface area contributed by atoms with Crippen LogP contribution in [0.5, 0.6) is 11.5 Å². The number of hydrogen-bond acceptors (Lipinski definition) is 5. The predicted molar refractivity (Wildman–Crippen MR) is 99.4 cm³/mol. The summed E-state index contributed by atoms with van der Waals surface area (Å²) in [6.45, 7) is 3.26. The molecule has 6 heteroatoms. The highest BCUT2D eigenvalue weighted by molar-refractivity contribution is 5.87. The van der Waals surface area contributed by atoms with Gasteiger partial charge in [0.15, 0.2) is 11.5 Å². The van der Waals surface area contributed by atoms with Crippen LogP contribution in [0.3, 0.4) is 0 Å². The molecule has 0 bridgehead atoms. The van der Waals surface area contributed by atoms with Crippen molar-refractivity contribution < 1.29 is 24.1 Å². The van der Waals surface area contributed by atoms with Crippen molar-refractivity contribution in [2.45, 2.75) is 24.8 Å². The van der Waals surface area contributed by atoms with Gasteiger partial charge in [0, 0.05) is 31.7 Å². The fourth-order valence-corrected chi connectivity index (χ4v) is 3.77. The molecule has 0 amide bonds. The summed E-state index contributed by atoms with van der Waals surface area (Å²) < 4.78 is 16.6. The maximum absolute atomic E-state index is 11.0. The lowest BCUT2D eigenvalue weighted by molar-refractivity contribution is 0.0497. The molecule has 0 spiro atoms. The first-order chi connectivity index (χ1) is 13.2. The molecule has 0 aliphatic carbocycles. The van der Waals surface area contributed by atoms with Gasteiger partial charge in [0.1, 0.15) is 0 Å². The smallest absolute Gasteiger partial charge is 0.335 e. The second-order valence-electron chi connectivity index (χ2n) is 7.07. The lowest BCUT2D eigenvalue weighted by Crippen LogP contribution is -2.42. The summed E-state index contributed by atoms with van der Waals surface area (Å²) in [5.74, 6) is 0.702. The van der Waals surface area contributed by atoms with Crippen LogP contribution in [0.25, 0.3) is 0 Å². The average Bonchev–Trinajstić information content (AvgIpc) is 3.17. The quantitative estimate of drug-likeness (QED) is 0.815. The second-order valence-corrected chi connectivity index (χ2v) is 7.07. The van der Waals surface area contributed by atoms with Crippen LogP contribution in [0, 0.1) is 0 Å². The molecule has 0 radical (unpaired) electrons. The first-order valence-electron chi connectivity index (χ1n) is 9.17. The fraction of sp³-hybridized carbons (Fsp3) is 0.381. The lowest BCUT2D eigenvalue weighted by Gasteiger charge is -2.38. The van der Waals surface area contributed by atoms with Crippen LogP contribution in [0.4, 0.5) is 0 Å². The number of ether oxygens (including phenoxy) is 3. The molecule has 0 saturated carbocycles. The SMILES string of the molecule is O=C(O)c1ccc(CNCC2(c3ccc4c(c3)OCO4)CCOCC2)cc1. The van der Waals surface area contributed by atoms with Crippen molar-refractivity contribution in [3.05, 3.63) is 59.2 Å². The van der Waals surface area contributed by atoms with E-state index in [0.717, 1.165) is 49.7 Å². The Morgan fingerprint density at radius 2 is 1.78 bits per heavy atom. The van der Waals surface area contributed by atoms with Crippen LogP contribution in [0.15, 0.2) is 42.5 Å². The topological polar surface area (TPSA) is 77.0 Å². The molecule has 2 heterocycles. The zero-order chi connectivity index (χ0) is 18.7. The minimum atomic E-state index is -0.904. The molecule has 27 heavy (non-hydrogen) atoms. The summed E-state index contributed by atoms with van der Waals surface area (Å²) in [7, 11) is 0. The molecule has 0 unspecified atom stereocenters. The van der Waals surface area contributed by atoms with Crippen molar-refractivity contribution in [2.24, 2.45) is 0 Å². The summed E-state index contributed by atoms with van der Waals surface area (Å²) in [6, 6.07) is 13.2. The van der Waals surface area contributed by atoms with E-state index < -0.39 is 5.97 Å². The highest BCUT2D eigenvalue weighted by Crippen LogP contribution is 2.40. The van der Waals surface area contributed by atoms with Crippen LogP contribution in [-0.4, -0.2) is 37.6 Å². The highest BCUT2D eigenvalue weighted by atomic mass is 16.7. The molecular formula is C21H23NO5. The third-order valence-corrected chi connectivity index (χ3v) is 5.43. The van der Waals surface area contributed by atoms with E-state index >= 15 is 0 Å². The normalized spacial score (nSPS) is 17.6. The van der Waals surface area contributed by atoms with Crippen molar-refractivity contribution in [2.75, 3.05) is 26.6 Å². The van der Waals surface area contributed by atoms with Gasteiger partial charge >= 0.3 is 5.97 Å². The minimum Gasteiger partial charge on any atom is -0.478 e. The summed E-state index contributed by atoms with van der Waals surface area (Å²) in [6.07, 6.45) is 1.88. The van der Waals surface area contributed by atoms with Gasteiger partial charge in [-0.1, -0.05) is 18.2 Å². The van der Waals surface area contributed by atoms with Gasteiger partial charge in [0.2, 0.25) is 6.79 Å². The van der Waals surface area contributed by atoms with Crippen LogP contribution in [-0.2, 0) is 16.7 Å². The monoisotopic (exact) mass is 369 g/mol. The Kier molecular flexibility index (Phi) is 5.01. The molecule has 2 N–H and O–H groups in total. The number of carboxylic acids is 1. The van der Waals surface area contributed by atoms with Gasteiger partial charge in [-0.3, -0.25) is 0 Å². The Morgan fingerprint density at radius 3 is 2.52 bits per heavy atom. The van der Waals surface area contributed by atoms with Gasteiger partial charge in [-0.15, -0.1) is 0 Å². The van der Waals surface area contributed by atoms with Crippen molar-refractivity contribution in [1.82, 2.24) is 5.32 Å². The Hall–Kier alpha value is -2.57. The molecular weight excluding hydrogens is 346 g/mol. The number of hydrogen-bond donors (Lipinski definition) is 2. The molecule has 6 nitrogen and oxygen atoms in total. The maximum Gasteiger partial charge on any atom is 0.335 e. The Balaban J connectivity index is 1.46. The van der Waals surface area contributed by atoms with E-state index in [1.165, 1.54) is 5.56 Å². The summed E-state index contributed by atoms with van der Waals surface area (Å²) in [5.41, 5.74) is 2.59. The molecule has 2 aromatic carbocycles. The molecule has 1 saturated heterocycles. The van der Waals surface area contributed by atoms with Gasteiger partial charge in [0.25, 0.3) is 0 Å². The van der Waals surface area contributed by atoms with Gasteiger partial charge in [-0.05, 0) is 48.2 Å². The number of rotatable bonds is 6. The summed E-state index contributed by atoms with van der Waals surface area (Å²) in [4.78, 5) is 11.0. The minimum absolute atomic E-state index is 0.0137. The number of nitrogens with one attached hydrogen (secondary N) is 1. The van der Waals surface area contributed by atoms with E-state index in [4.69, 9.17) is 19.3 Å². The molecule has 2 aliphatic heterocycles. The van der Waals surface area contributed by atoms with E-state index in [2.05, 4.69) is 17.4 Å². The van der Waals surface area contributed by atoms with Crippen LogP contribution in [0.2, 0.25) is 0 Å². The number of carboxylic acid groups (broad SMARTS) is 1. The predicted octanol–water partition coefficient (Wildman–Crippen LogP) is 2.95. The van der Waals surface area contributed by atoms with Crippen molar-refractivity contribution in [3.8, 4) is 11.5 Å². The van der Waals surface area contributed by atoms with Crippen LogP contribution >= 0.6 is 0 Å². The van der Waals surface area contributed by atoms with Gasteiger partial charge in [0.05, 0.1) is 5.56 Å². The molecule has 142 valence electrons. The second kappa shape index (κ2) is 7.58. The maximum atomic E-state index is 11.0. The number of aromatic carboxylic acids is 1. The first-order valence-corrected chi connectivity index (χ1v) is 9.17. The van der Waals surface area contributed by atoms with Gasteiger partial charge in [-0.2, -0.15) is 0 Å². The Labute approximate surface area is 158 Å². The largest absolute Gasteiger partial charge is 0.478 e. The van der Waals surface area contributed by atoms with E-state index in [1.807, 2.05) is 18.2 Å². The standard InChI is InChI=1S/C21H23NO5/c23-20(24)16-3-1-15(2-4-16)12-22-13-21(7-9-25-10-8-21)17-5-6-18-19(11-17)27-14-26-18/h1-6,11,22H,7-10,12-14H2,(H,23,24). The lowest BCUT2D eigenvalue weighted by atomic mass is 9.74. The van der Waals surface area contributed by atoms with E-state index in [0.29, 0.717) is 12.1 Å². The third-order valence-electron chi connectivity index (χ3n) is 5.43. The molecule has 2 aromatic rings. The molecule has 0 atom stereocenters. The summed E-state index contributed by atoms with van der Waals surface area (Å²) in [5, 5.41) is 12.6. The fourth-order valence-electron chi connectivity index (χ4n) is 3.77. The number of benzene rings is 2.